The van der Waals surface area contributed by atoms with Crippen molar-refractivity contribution >= 4 is 5.65 Å². The van der Waals surface area contributed by atoms with Gasteiger partial charge < -0.3 is 0 Å². The highest BCUT2D eigenvalue weighted by atomic mass is 16.1. The molecule has 86 valence electrons. The quantitative estimate of drug-likeness (QED) is 0.859. The lowest BCUT2D eigenvalue weighted by atomic mass is 10.1. The first-order valence-corrected chi connectivity index (χ1v) is 5.73. The number of H-pyrrole nitrogens is 1. The van der Waals surface area contributed by atoms with Gasteiger partial charge in [-0.3, -0.25) is 9.89 Å². The Kier molecular flexibility index (Phi) is 2.81. The number of nitrogens with one attached hydrogen (secondary N) is 1. The summed E-state index contributed by atoms with van der Waals surface area (Å²) in [4.78, 5) is 16.3. The first kappa shape index (κ1) is 10.9. The van der Waals surface area contributed by atoms with E-state index in [0.717, 1.165) is 29.9 Å². The van der Waals surface area contributed by atoms with Gasteiger partial charge >= 0.3 is 0 Å². The standard InChI is InChI=1S/C12H17N3O/c1-4-5-9-6-11-13-10(8(2)3)7-12(16)15(11)14-9/h6-8,14H,4-5H2,1-3H3. The van der Waals surface area contributed by atoms with Gasteiger partial charge in [-0.25, -0.2) is 9.50 Å². The van der Waals surface area contributed by atoms with Gasteiger partial charge in [0.1, 0.15) is 0 Å². The maximum absolute atomic E-state index is 11.8. The molecule has 0 atom stereocenters. The summed E-state index contributed by atoms with van der Waals surface area (Å²) in [7, 11) is 0. The maximum atomic E-state index is 11.8. The highest BCUT2D eigenvalue weighted by Gasteiger charge is 2.08. The number of rotatable bonds is 3. The first-order valence-electron chi connectivity index (χ1n) is 5.73. The van der Waals surface area contributed by atoms with E-state index in [-0.39, 0.29) is 11.5 Å². The lowest BCUT2D eigenvalue weighted by Crippen LogP contribution is -2.16. The average Bonchev–Trinajstić information content (AvgIpc) is 2.61. The summed E-state index contributed by atoms with van der Waals surface area (Å²) in [5.41, 5.74) is 2.61. The van der Waals surface area contributed by atoms with Gasteiger partial charge in [-0.1, -0.05) is 27.2 Å². The van der Waals surface area contributed by atoms with Gasteiger partial charge in [0.25, 0.3) is 5.56 Å². The van der Waals surface area contributed by atoms with Crippen LogP contribution >= 0.6 is 0 Å². The van der Waals surface area contributed by atoms with Crippen molar-refractivity contribution in [2.24, 2.45) is 0 Å². The van der Waals surface area contributed by atoms with Crippen LogP contribution in [0.3, 0.4) is 0 Å². The van der Waals surface area contributed by atoms with E-state index in [2.05, 4.69) is 17.0 Å². The molecule has 4 nitrogen and oxygen atoms in total. The molecule has 0 spiro atoms. The fraction of sp³-hybridized carbons (Fsp3) is 0.500. The average molecular weight is 219 g/mol. The molecule has 2 aromatic heterocycles. The van der Waals surface area contributed by atoms with Crippen LogP contribution in [0.1, 0.15) is 44.5 Å². The summed E-state index contributed by atoms with van der Waals surface area (Å²) in [6.45, 7) is 6.19. The van der Waals surface area contributed by atoms with E-state index in [9.17, 15) is 4.79 Å². The van der Waals surface area contributed by atoms with Gasteiger partial charge in [-0.05, 0) is 12.3 Å². The van der Waals surface area contributed by atoms with E-state index >= 15 is 0 Å². The number of aryl methyl sites for hydroxylation is 1. The van der Waals surface area contributed by atoms with E-state index in [4.69, 9.17) is 0 Å². The Morgan fingerprint density at radius 3 is 2.81 bits per heavy atom. The van der Waals surface area contributed by atoms with Crippen LogP contribution in [0, 0.1) is 0 Å². The summed E-state index contributed by atoms with van der Waals surface area (Å²) in [5.74, 6) is 0.280. The van der Waals surface area contributed by atoms with E-state index < -0.39 is 0 Å². The molecule has 0 fully saturated rings. The zero-order valence-electron chi connectivity index (χ0n) is 9.95. The predicted octanol–water partition coefficient (Wildman–Crippen LogP) is 2.10. The van der Waals surface area contributed by atoms with Crippen LogP contribution in [-0.2, 0) is 6.42 Å². The lowest BCUT2D eigenvalue weighted by Gasteiger charge is -2.02. The first-order chi connectivity index (χ1) is 7.61. The molecular formula is C12H17N3O. The molecule has 1 N–H and O–H groups in total. The second kappa shape index (κ2) is 4.12. The Morgan fingerprint density at radius 1 is 1.44 bits per heavy atom. The number of nitrogens with zero attached hydrogens (tertiary/aromatic N) is 2. The molecule has 0 aliphatic rings. The van der Waals surface area contributed by atoms with Gasteiger partial charge in [-0.2, -0.15) is 0 Å². The SMILES string of the molecule is CCCc1cc2nc(C(C)C)cc(=O)n2[nH]1. The zero-order chi connectivity index (χ0) is 11.7. The van der Waals surface area contributed by atoms with Gasteiger partial charge in [-0.15, -0.1) is 0 Å². The molecule has 0 unspecified atom stereocenters. The number of aromatic nitrogens is 3. The Morgan fingerprint density at radius 2 is 2.19 bits per heavy atom. The molecule has 0 radical (unpaired) electrons. The minimum Gasteiger partial charge on any atom is -0.294 e. The summed E-state index contributed by atoms with van der Waals surface area (Å²) in [6, 6.07) is 3.56. The Balaban J connectivity index is 2.59. The lowest BCUT2D eigenvalue weighted by molar-refractivity contribution is 0.782. The predicted molar refractivity (Wildman–Crippen MR) is 63.9 cm³/mol. The number of aromatic amines is 1. The second-order valence-electron chi connectivity index (χ2n) is 4.40. The van der Waals surface area contributed by atoms with Crippen molar-refractivity contribution in [1.82, 2.24) is 14.6 Å². The minimum atomic E-state index is -0.0314. The highest BCUT2D eigenvalue weighted by Crippen LogP contribution is 2.11. The van der Waals surface area contributed by atoms with Crippen LogP contribution in [0.2, 0.25) is 0 Å². The molecule has 0 aromatic carbocycles. The molecule has 0 saturated carbocycles. The Labute approximate surface area is 94.3 Å². The van der Waals surface area contributed by atoms with Crippen molar-refractivity contribution in [2.45, 2.75) is 39.5 Å². The molecule has 2 aromatic rings. The zero-order valence-corrected chi connectivity index (χ0v) is 9.95. The van der Waals surface area contributed by atoms with Crippen LogP contribution in [0.5, 0.6) is 0 Å². The molecule has 2 rings (SSSR count). The molecule has 0 amide bonds. The van der Waals surface area contributed by atoms with E-state index in [0.29, 0.717) is 0 Å². The molecular weight excluding hydrogens is 202 g/mol. The molecule has 0 aliphatic carbocycles. The molecule has 0 aliphatic heterocycles. The van der Waals surface area contributed by atoms with Crippen LogP contribution in [0.4, 0.5) is 0 Å². The second-order valence-corrected chi connectivity index (χ2v) is 4.40. The van der Waals surface area contributed by atoms with Crippen molar-refractivity contribution < 1.29 is 0 Å². The smallest absolute Gasteiger partial charge is 0.272 e. The Bertz CT molecular complexity index is 551. The van der Waals surface area contributed by atoms with E-state index in [1.54, 1.807) is 6.07 Å². The minimum absolute atomic E-state index is 0.0314. The fourth-order valence-electron chi connectivity index (χ4n) is 1.75. The van der Waals surface area contributed by atoms with Gasteiger partial charge in [0.2, 0.25) is 0 Å². The van der Waals surface area contributed by atoms with Crippen LogP contribution in [-0.4, -0.2) is 14.6 Å². The largest absolute Gasteiger partial charge is 0.294 e. The summed E-state index contributed by atoms with van der Waals surface area (Å²) in [5, 5.41) is 3.07. The number of hydrogen-bond donors (Lipinski definition) is 1. The Hall–Kier alpha value is -1.58. The number of fused-ring (bicyclic) bond motifs is 1. The maximum Gasteiger partial charge on any atom is 0.272 e. The van der Waals surface area contributed by atoms with Crippen LogP contribution in [0.15, 0.2) is 16.9 Å². The summed E-state index contributed by atoms with van der Waals surface area (Å²) < 4.78 is 1.51. The summed E-state index contributed by atoms with van der Waals surface area (Å²) >= 11 is 0. The van der Waals surface area contributed by atoms with Crippen molar-refractivity contribution in [2.75, 3.05) is 0 Å². The third-order valence-corrected chi connectivity index (χ3v) is 2.63. The van der Waals surface area contributed by atoms with Gasteiger partial charge in [0, 0.05) is 17.8 Å². The topological polar surface area (TPSA) is 50.2 Å². The third-order valence-electron chi connectivity index (χ3n) is 2.63. The molecule has 0 saturated heterocycles. The highest BCUT2D eigenvalue weighted by molar-refractivity contribution is 5.40. The van der Waals surface area contributed by atoms with Crippen LogP contribution < -0.4 is 5.56 Å². The van der Waals surface area contributed by atoms with Crippen molar-refractivity contribution in [1.29, 1.82) is 0 Å². The fourth-order valence-corrected chi connectivity index (χ4v) is 1.75. The van der Waals surface area contributed by atoms with Gasteiger partial charge in [0.05, 0.1) is 5.69 Å². The number of hydrogen-bond acceptors (Lipinski definition) is 2. The molecule has 16 heavy (non-hydrogen) atoms. The molecule has 0 bridgehead atoms. The summed E-state index contributed by atoms with van der Waals surface area (Å²) in [6.07, 6.45) is 2.00. The van der Waals surface area contributed by atoms with Gasteiger partial charge in [0.15, 0.2) is 5.65 Å². The van der Waals surface area contributed by atoms with E-state index in [1.165, 1.54) is 4.52 Å². The van der Waals surface area contributed by atoms with Crippen molar-refractivity contribution in [3.63, 3.8) is 0 Å². The normalized spacial score (nSPS) is 11.5. The van der Waals surface area contributed by atoms with E-state index in [1.807, 2.05) is 19.9 Å². The third kappa shape index (κ3) is 1.87. The monoisotopic (exact) mass is 219 g/mol. The van der Waals surface area contributed by atoms with Crippen molar-refractivity contribution in [3.05, 3.63) is 33.9 Å². The molecule has 2 heterocycles. The van der Waals surface area contributed by atoms with Crippen molar-refractivity contribution in [3.8, 4) is 0 Å². The molecule has 4 heteroatoms. The van der Waals surface area contributed by atoms with Crippen LogP contribution in [0.25, 0.3) is 5.65 Å².